The molecule has 0 radical (unpaired) electrons. The van der Waals surface area contributed by atoms with Crippen LogP contribution in [-0.2, 0) is 0 Å². The number of hydrogen-bond donors (Lipinski definition) is 2. The van der Waals surface area contributed by atoms with Crippen molar-refractivity contribution in [1.29, 1.82) is 0 Å². The van der Waals surface area contributed by atoms with E-state index in [4.69, 9.17) is 5.11 Å². The number of carbonyl (C=O) groups is 2. The Bertz CT molecular complexity index is 552. The van der Waals surface area contributed by atoms with E-state index in [1.54, 1.807) is 19.1 Å². The van der Waals surface area contributed by atoms with Gasteiger partial charge in [-0.3, -0.25) is 4.79 Å². The minimum absolute atomic E-state index is 0.0324. The number of nitrogens with zero attached hydrogens (tertiary/aromatic N) is 1. The van der Waals surface area contributed by atoms with E-state index in [-0.39, 0.29) is 13.1 Å². The zero-order valence-electron chi connectivity index (χ0n) is 10.8. The van der Waals surface area contributed by atoms with E-state index >= 15 is 0 Å². The van der Waals surface area contributed by atoms with Crippen LogP contribution in [0.1, 0.15) is 15.9 Å². The number of likely N-dealkylation sites (tertiary alicyclic amines) is 1. The smallest absolute Gasteiger partial charge is 0.407 e. The molecule has 1 aliphatic rings. The first kappa shape index (κ1) is 14.8. The lowest BCUT2D eigenvalue weighted by molar-refractivity contribution is 0.0921. The van der Waals surface area contributed by atoms with Gasteiger partial charge in [0.05, 0.1) is 12.6 Å². The van der Waals surface area contributed by atoms with Gasteiger partial charge >= 0.3 is 6.09 Å². The van der Waals surface area contributed by atoms with E-state index in [1.165, 1.54) is 0 Å². The predicted octanol–water partition coefficient (Wildman–Crippen LogP) is 2.19. The standard InChI is InChI=1S/C13H14BrFN2O3/c1-7-2-3-8(14)4-9(7)12(18)16-11-6-17(13(19)20)5-10(11)15/h2-4,10-11H,5-6H2,1H3,(H,16,18)(H,19,20). The second-order valence-electron chi connectivity index (χ2n) is 4.74. The van der Waals surface area contributed by atoms with Gasteiger partial charge < -0.3 is 15.3 Å². The molecule has 0 aliphatic carbocycles. The third-order valence-corrected chi connectivity index (χ3v) is 3.77. The van der Waals surface area contributed by atoms with Crippen molar-refractivity contribution >= 4 is 27.9 Å². The van der Waals surface area contributed by atoms with Crippen molar-refractivity contribution < 1.29 is 19.1 Å². The lowest BCUT2D eigenvalue weighted by Gasteiger charge is -2.15. The van der Waals surface area contributed by atoms with Crippen LogP contribution < -0.4 is 5.32 Å². The summed E-state index contributed by atoms with van der Waals surface area (Å²) in [7, 11) is 0. The fraction of sp³-hybridized carbons (Fsp3) is 0.385. The summed E-state index contributed by atoms with van der Waals surface area (Å²) in [5.74, 6) is -0.399. The number of amides is 2. The molecular weight excluding hydrogens is 331 g/mol. The van der Waals surface area contributed by atoms with Crippen molar-refractivity contribution in [3.63, 3.8) is 0 Å². The summed E-state index contributed by atoms with van der Waals surface area (Å²) in [4.78, 5) is 23.9. The lowest BCUT2D eigenvalue weighted by atomic mass is 10.1. The second kappa shape index (κ2) is 5.78. The Morgan fingerprint density at radius 1 is 1.45 bits per heavy atom. The average Bonchev–Trinajstić information content (AvgIpc) is 2.74. The number of carbonyl (C=O) groups excluding carboxylic acids is 1. The van der Waals surface area contributed by atoms with Crippen LogP contribution in [0.25, 0.3) is 0 Å². The number of hydrogen-bond acceptors (Lipinski definition) is 2. The molecule has 1 aliphatic heterocycles. The number of nitrogens with one attached hydrogen (secondary N) is 1. The van der Waals surface area contributed by atoms with Crippen LogP contribution >= 0.6 is 15.9 Å². The maximum atomic E-state index is 13.7. The zero-order chi connectivity index (χ0) is 14.9. The van der Waals surface area contributed by atoms with Gasteiger partial charge in [-0.15, -0.1) is 0 Å². The molecule has 0 aromatic heterocycles. The van der Waals surface area contributed by atoms with E-state index in [9.17, 15) is 14.0 Å². The highest BCUT2D eigenvalue weighted by Gasteiger charge is 2.36. The first-order chi connectivity index (χ1) is 9.38. The highest BCUT2D eigenvalue weighted by molar-refractivity contribution is 9.10. The van der Waals surface area contributed by atoms with Crippen molar-refractivity contribution in [1.82, 2.24) is 10.2 Å². The summed E-state index contributed by atoms with van der Waals surface area (Å²) in [6, 6.07) is 4.44. The number of rotatable bonds is 2. The summed E-state index contributed by atoms with van der Waals surface area (Å²) in [6.45, 7) is 1.54. The van der Waals surface area contributed by atoms with Crippen molar-refractivity contribution in [3.05, 3.63) is 33.8 Å². The number of alkyl halides is 1. The number of benzene rings is 1. The minimum Gasteiger partial charge on any atom is -0.465 e. The van der Waals surface area contributed by atoms with Gasteiger partial charge in [0.1, 0.15) is 6.17 Å². The Kier molecular flexibility index (Phi) is 4.27. The molecule has 0 spiro atoms. The van der Waals surface area contributed by atoms with E-state index in [0.717, 1.165) is 14.9 Å². The fourth-order valence-electron chi connectivity index (χ4n) is 2.14. The van der Waals surface area contributed by atoms with Gasteiger partial charge in [-0.2, -0.15) is 0 Å². The van der Waals surface area contributed by atoms with Crippen LogP contribution in [0, 0.1) is 6.92 Å². The largest absolute Gasteiger partial charge is 0.465 e. The second-order valence-corrected chi connectivity index (χ2v) is 5.66. The van der Waals surface area contributed by atoms with Crippen LogP contribution in [0.5, 0.6) is 0 Å². The molecule has 0 saturated carbocycles. The minimum atomic E-state index is -1.39. The fourth-order valence-corrected chi connectivity index (χ4v) is 2.50. The van der Waals surface area contributed by atoms with E-state index < -0.39 is 24.2 Å². The quantitative estimate of drug-likeness (QED) is 0.863. The van der Waals surface area contributed by atoms with Gasteiger partial charge in [-0.05, 0) is 24.6 Å². The molecule has 7 heteroatoms. The van der Waals surface area contributed by atoms with Gasteiger partial charge in [0.15, 0.2) is 0 Å². The van der Waals surface area contributed by atoms with Gasteiger partial charge in [0, 0.05) is 16.6 Å². The Morgan fingerprint density at radius 2 is 2.15 bits per heavy atom. The number of aryl methyl sites for hydroxylation is 1. The molecule has 1 aromatic carbocycles. The molecule has 1 fully saturated rings. The van der Waals surface area contributed by atoms with E-state index in [0.29, 0.717) is 5.56 Å². The Labute approximate surface area is 123 Å². The highest BCUT2D eigenvalue weighted by Crippen LogP contribution is 2.18. The molecule has 2 atom stereocenters. The molecule has 0 bridgehead atoms. The van der Waals surface area contributed by atoms with Gasteiger partial charge in [-0.1, -0.05) is 22.0 Å². The van der Waals surface area contributed by atoms with Crippen molar-refractivity contribution in [2.75, 3.05) is 13.1 Å². The molecular formula is C13H14BrFN2O3. The van der Waals surface area contributed by atoms with Crippen molar-refractivity contribution in [2.24, 2.45) is 0 Å². The molecule has 1 aromatic rings. The topological polar surface area (TPSA) is 69.6 Å². The third-order valence-electron chi connectivity index (χ3n) is 3.28. The first-order valence-electron chi connectivity index (χ1n) is 6.07. The number of halogens is 2. The normalized spacial score (nSPS) is 21.9. The van der Waals surface area contributed by atoms with E-state index in [2.05, 4.69) is 21.2 Å². The number of carboxylic acid groups (broad SMARTS) is 1. The molecule has 1 heterocycles. The van der Waals surface area contributed by atoms with Crippen LogP contribution in [0.2, 0.25) is 0 Å². The molecule has 108 valence electrons. The molecule has 2 amide bonds. The zero-order valence-corrected chi connectivity index (χ0v) is 12.4. The van der Waals surface area contributed by atoms with Gasteiger partial charge in [0.25, 0.3) is 5.91 Å². The maximum Gasteiger partial charge on any atom is 0.407 e. The molecule has 2 rings (SSSR count). The summed E-state index contributed by atoms with van der Waals surface area (Å²) in [5, 5.41) is 11.4. The summed E-state index contributed by atoms with van der Waals surface area (Å²) in [5.41, 5.74) is 1.22. The maximum absolute atomic E-state index is 13.7. The Hall–Kier alpha value is -1.63. The van der Waals surface area contributed by atoms with Crippen LogP contribution in [0.4, 0.5) is 9.18 Å². The van der Waals surface area contributed by atoms with Gasteiger partial charge in [-0.25, -0.2) is 9.18 Å². The van der Waals surface area contributed by atoms with E-state index in [1.807, 2.05) is 6.07 Å². The molecule has 5 nitrogen and oxygen atoms in total. The lowest BCUT2D eigenvalue weighted by Crippen LogP contribution is -2.41. The van der Waals surface area contributed by atoms with Crippen LogP contribution in [0.3, 0.4) is 0 Å². The van der Waals surface area contributed by atoms with Gasteiger partial charge in [0.2, 0.25) is 0 Å². The van der Waals surface area contributed by atoms with Crippen molar-refractivity contribution in [3.8, 4) is 0 Å². The Morgan fingerprint density at radius 3 is 2.75 bits per heavy atom. The Balaban J connectivity index is 2.08. The van der Waals surface area contributed by atoms with Crippen LogP contribution in [-0.4, -0.2) is 47.3 Å². The monoisotopic (exact) mass is 344 g/mol. The van der Waals surface area contributed by atoms with Crippen molar-refractivity contribution in [2.45, 2.75) is 19.1 Å². The third kappa shape index (κ3) is 3.09. The molecule has 2 N–H and O–H groups in total. The highest BCUT2D eigenvalue weighted by atomic mass is 79.9. The SMILES string of the molecule is Cc1ccc(Br)cc1C(=O)NC1CN(C(=O)O)CC1F. The summed E-state index contributed by atoms with van der Waals surface area (Å²) < 4.78 is 14.5. The molecule has 1 saturated heterocycles. The summed E-state index contributed by atoms with van der Waals surface area (Å²) >= 11 is 3.28. The molecule has 20 heavy (non-hydrogen) atoms. The average molecular weight is 345 g/mol. The molecule has 2 unspecified atom stereocenters. The summed E-state index contributed by atoms with van der Waals surface area (Å²) in [6.07, 6.45) is -2.56. The van der Waals surface area contributed by atoms with Crippen LogP contribution in [0.15, 0.2) is 22.7 Å². The first-order valence-corrected chi connectivity index (χ1v) is 6.86. The predicted molar refractivity (Wildman–Crippen MR) is 74.6 cm³/mol.